The molecule has 4 heteroatoms. The van der Waals surface area contributed by atoms with Crippen LogP contribution in [0.4, 0.5) is 0 Å². The highest BCUT2D eigenvalue weighted by atomic mass is 32.1. The molecule has 1 amide bonds. The molecule has 4 rings (SSSR count). The van der Waals surface area contributed by atoms with E-state index in [0.717, 1.165) is 36.3 Å². The van der Waals surface area contributed by atoms with Crippen LogP contribution in [0.15, 0.2) is 60.0 Å². The lowest BCUT2D eigenvalue weighted by molar-refractivity contribution is 0.0696. The zero-order valence-electron chi connectivity index (χ0n) is 15.6. The molecule has 0 spiro atoms. The van der Waals surface area contributed by atoms with Gasteiger partial charge in [-0.05, 0) is 65.2 Å². The van der Waals surface area contributed by atoms with E-state index in [1.54, 1.807) is 18.4 Å². The Kier molecular flexibility index (Phi) is 4.99. The number of ether oxygens (including phenoxy) is 1. The van der Waals surface area contributed by atoms with Crippen LogP contribution in [-0.4, -0.2) is 24.5 Å². The normalized spacial score (nSPS) is 16.1. The van der Waals surface area contributed by atoms with E-state index in [9.17, 15) is 4.79 Å². The van der Waals surface area contributed by atoms with Crippen molar-refractivity contribution >= 4 is 17.2 Å². The van der Waals surface area contributed by atoms with Crippen molar-refractivity contribution in [2.45, 2.75) is 25.8 Å². The molecular weight excluding hydrogens is 354 g/mol. The van der Waals surface area contributed by atoms with E-state index >= 15 is 0 Å². The average molecular weight is 378 g/mol. The van der Waals surface area contributed by atoms with Crippen molar-refractivity contribution in [2.24, 2.45) is 0 Å². The van der Waals surface area contributed by atoms with Gasteiger partial charge >= 0.3 is 0 Å². The van der Waals surface area contributed by atoms with Crippen molar-refractivity contribution in [3.8, 4) is 5.75 Å². The molecule has 27 heavy (non-hydrogen) atoms. The first-order valence-corrected chi connectivity index (χ1v) is 10.2. The highest BCUT2D eigenvalue weighted by Gasteiger charge is 2.33. The Morgan fingerprint density at radius 1 is 1.11 bits per heavy atom. The highest BCUT2D eigenvalue weighted by Crippen LogP contribution is 2.39. The van der Waals surface area contributed by atoms with Crippen molar-refractivity contribution < 1.29 is 9.53 Å². The van der Waals surface area contributed by atoms with Gasteiger partial charge < -0.3 is 9.64 Å². The number of hydrogen-bond donors (Lipinski definition) is 0. The van der Waals surface area contributed by atoms with Gasteiger partial charge in [-0.1, -0.05) is 31.2 Å². The Morgan fingerprint density at radius 2 is 1.85 bits per heavy atom. The second kappa shape index (κ2) is 7.57. The van der Waals surface area contributed by atoms with Crippen LogP contribution in [0.3, 0.4) is 0 Å². The third-order valence-corrected chi connectivity index (χ3v) is 6.26. The number of carbonyl (C=O) groups excluding carboxylic acids is 1. The summed E-state index contributed by atoms with van der Waals surface area (Å²) in [6.45, 7) is 2.86. The number of carbonyl (C=O) groups is 1. The molecule has 2 aromatic carbocycles. The van der Waals surface area contributed by atoms with Gasteiger partial charge in [-0.25, -0.2) is 0 Å². The minimum absolute atomic E-state index is 0.0516. The predicted octanol–water partition coefficient (Wildman–Crippen LogP) is 5.11. The molecule has 0 fully saturated rings. The summed E-state index contributed by atoms with van der Waals surface area (Å²) in [6, 6.07) is 18.2. The second-order valence-corrected chi connectivity index (χ2v) is 7.77. The Labute approximate surface area is 164 Å². The van der Waals surface area contributed by atoms with Gasteiger partial charge in [-0.2, -0.15) is 0 Å². The standard InChI is InChI=1S/C23H23NO2S/c1-3-16-4-6-18(7-5-16)23(25)24-14-12-21-20(13-15-27-21)22(24)17-8-10-19(26-2)11-9-17/h4-11,13,15,22H,3,12,14H2,1-2H3/t22-/m1/s1. The molecule has 1 aromatic heterocycles. The van der Waals surface area contributed by atoms with Crippen molar-refractivity contribution in [3.63, 3.8) is 0 Å². The number of methoxy groups -OCH3 is 1. The van der Waals surface area contributed by atoms with E-state index in [4.69, 9.17) is 4.74 Å². The van der Waals surface area contributed by atoms with Crippen LogP contribution in [0.2, 0.25) is 0 Å². The van der Waals surface area contributed by atoms with Crippen LogP contribution in [0.1, 0.15) is 44.9 Å². The summed E-state index contributed by atoms with van der Waals surface area (Å²) < 4.78 is 5.30. The maximum atomic E-state index is 13.3. The van der Waals surface area contributed by atoms with Crippen LogP contribution < -0.4 is 4.74 Å². The van der Waals surface area contributed by atoms with E-state index in [1.165, 1.54) is 16.0 Å². The zero-order chi connectivity index (χ0) is 18.8. The molecule has 3 nitrogen and oxygen atoms in total. The van der Waals surface area contributed by atoms with Gasteiger partial charge in [0.05, 0.1) is 13.2 Å². The Bertz CT molecular complexity index is 928. The van der Waals surface area contributed by atoms with E-state index in [-0.39, 0.29) is 11.9 Å². The molecule has 0 aliphatic carbocycles. The lowest BCUT2D eigenvalue weighted by Crippen LogP contribution is -2.40. The lowest BCUT2D eigenvalue weighted by atomic mass is 9.92. The van der Waals surface area contributed by atoms with Gasteiger partial charge in [0.25, 0.3) is 5.91 Å². The molecule has 0 N–H and O–H groups in total. The van der Waals surface area contributed by atoms with Crippen molar-refractivity contribution in [1.82, 2.24) is 4.90 Å². The van der Waals surface area contributed by atoms with Gasteiger partial charge in [0.2, 0.25) is 0 Å². The Hall–Kier alpha value is -2.59. The first kappa shape index (κ1) is 17.8. The van der Waals surface area contributed by atoms with Crippen LogP contribution in [0.5, 0.6) is 5.75 Å². The quantitative estimate of drug-likeness (QED) is 0.632. The molecule has 1 aliphatic rings. The maximum Gasteiger partial charge on any atom is 0.254 e. The molecule has 0 unspecified atom stereocenters. The van der Waals surface area contributed by atoms with Crippen LogP contribution in [0.25, 0.3) is 0 Å². The van der Waals surface area contributed by atoms with Gasteiger partial charge in [0, 0.05) is 17.0 Å². The average Bonchev–Trinajstić information content (AvgIpc) is 3.21. The number of amides is 1. The molecule has 1 atom stereocenters. The maximum absolute atomic E-state index is 13.3. The molecule has 3 aromatic rings. The molecule has 138 valence electrons. The number of rotatable bonds is 4. The highest BCUT2D eigenvalue weighted by molar-refractivity contribution is 7.10. The lowest BCUT2D eigenvalue weighted by Gasteiger charge is -2.36. The van der Waals surface area contributed by atoms with Gasteiger partial charge in [-0.3, -0.25) is 4.79 Å². The third kappa shape index (κ3) is 3.37. The SMILES string of the molecule is CCc1ccc(C(=O)N2CCc3sccc3[C@H]2c2ccc(OC)cc2)cc1. The predicted molar refractivity (Wildman–Crippen MR) is 110 cm³/mol. The third-order valence-electron chi connectivity index (χ3n) is 5.27. The van der Waals surface area contributed by atoms with Crippen molar-refractivity contribution in [1.29, 1.82) is 0 Å². The number of fused-ring (bicyclic) bond motifs is 1. The summed E-state index contributed by atoms with van der Waals surface area (Å²) in [6.07, 6.45) is 1.89. The first-order valence-electron chi connectivity index (χ1n) is 9.31. The molecule has 1 aliphatic heterocycles. The molecule has 0 bridgehead atoms. The summed E-state index contributed by atoms with van der Waals surface area (Å²) in [5, 5.41) is 2.13. The van der Waals surface area contributed by atoms with E-state index in [2.05, 4.69) is 42.6 Å². The fraction of sp³-hybridized carbons (Fsp3) is 0.261. The number of thiophene rings is 1. The van der Waals surface area contributed by atoms with Gasteiger partial charge in [-0.15, -0.1) is 11.3 Å². The summed E-state index contributed by atoms with van der Waals surface area (Å²) in [5.41, 5.74) is 4.37. The van der Waals surface area contributed by atoms with Gasteiger partial charge in [0.15, 0.2) is 0 Å². The molecule has 0 radical (unpaired) electrons. The van der Waals surface area contributed by atoms with Crippen LogP contribution in [-0.2, 0) is 12.8 Å². The smallest absolute Gasteiger partial charge is 0.254 e. The zero-order valence-corrected chi connectivity index (χ0v) is 16.5. The molecule has 0 saturated heterocycles. The van der Waals surface area contributed by atoms with E-state index in [1.807, 2.05) is 29.2 Å². The van der Waals surface area contributed by atoms with Crippen LogP contribution >= 0.6 is 11.3 Å². The Morgan fingerprint density at radius 3 is 2.52 bits per heavy atom. The monoisotopic (exact) mass is 377 g/mol. The Balaban J connectivity index is 1.72. The van der Waals surface area contributed by atoms with E-state index in [0.29, 0.717) is 0 Å². The minimum Gasteiger partial charge on any atom is -0.497 e. The second-order valence-electron chi connectivity index (χ2n) is 6.77. The fourth-order valence-electron chi connectivity index (χ4n) is 3.73. The number of nitrogens with zero attached hydrogens (tertiary/aromatic N) is 1. The minimum atomic E-state index is -0.0516. The first-order chi connectivity index (χ1) is 13.2. The summed E-state index contributed by atoms with van der Waals surface area (Å²) >= 11 is 1.78. The largest absolute Gasteiger partial charge is 0.497 e. The molecule has 0 saturated carbocycles. The summed E-state index contributed by atoms with van der Waals surface area (Å²) in [5.74, 6) is 0.920. The van der Waals surface area contributed by atoms with Crippen molar-refractivity contribution in [2.75, 3.05) is 13.7 Å². The summed E-state index contributed by atoms with van der Waals surface area (Å²) in [4.78, 5) is 16.7. The topological polar surface area (TPSA) is 29.5 Å². The van der Waals surface area contributed by atoms with Crippen molar-refractivity contribution in [3.05, 3.63) is 87.1 Å². The number of benzene rings is 2. The fourth-order valence-corrected chi connectivity index (χ4v) is 4.63. The molecule has 2 heterocycles. The number of hydrogen-bond acceptors (Lipinski definition) is 3. The van der Waals surface area contributed by atoms with Crippen LogP contribution in [0, 0.1) is 0 Å². The molecular formula is C23H23NO2S. The van der Waals surface area contributed by atoms with Gasteiger partial charge in [0.1, 0.15) is 5.75 Å². The van der Waals surface area contributed by atoms with E-state index < -0.39 is 0 Å². The number of aryl methyl sites for hydroxylation is 1. The summed E-state index contributed by atoms with van der Waals surface area (Å²) in [7, 11) is 1.67.